The van der Waals surface area contributed by atoms with E-state index in [1.807, 2.05) is 0 Å². The Kier molecular flexibility index (Phi) is 8.78. The van der Waals surface area contributed by atoms with E-state index in [0.29, 0.717) is 12.0 Å². The number of benzene rings is 1. The molecule has 0 bridgehead atoms. The molecule has 1 saturated heterocycles. The van der Waals surface area contributed by atoms with E-state index in [0.717, 1.165) is 25.3 Å². The summed E-state index contributed by atoms with van der Waals surface area (Å²) in [6.45, 7) is 6.56. The molecule has 0 radical (unpaired) electrons. The number of hydrogen-bond acceptors (Lipinski definition) is 3. The molecule has 128 valence electrons. The van der Waals surface area contributed by atoms with Crippen molar-refractivity contribution < 1.29 is 4.74 Å². The molecular formula is C17H30Cl2N2O. The highest BCUT2D eigenvalue weighted by Gasteiger charge is 2.43. The van der Waals surface area contributed by atoms with E-state index in [1.165, 1.54) is 12.0 Å². The summed E-state index contributed by atoms with van der Waals surface area (Å²) < 4.78 is 5.28. The van der Waals surface area contributed by atoms with Gasteiger partial charge in [0.2, 0.25) is 0 Å². The average Bonchev–Trinajstić information content (AvgIpc) is 2.45. The van der Waals surface area contributed by atoms with Crippen LogP contribution in [0.5, 0.6) is 5.75 Å². The molecule has 3 nitrogen and oxygen atoms in total. The Balaban J connectivity index is 0.00000220. The molecule has 22 heavy (non-hydrogen) atoms. The van der Waals surface area contributed by atoms with Crippen molar-refractivity contribution in [1.82, 2.24) is 4.90 Å². The molecule has 1 aliphatic heterocycles. The monoisotopic (exact) mass is 348 g/mol. The number of methoxy groups -OCH3 is 1. The van der Waals surface area contributed by atoms with Crippen molar-refractivity contribution >= 4 is 24.8 Å². The Morgan fingerprint density at radius 1 is 1.23 bits per heavy atom. The maximum atomic E-state index is 5.94. The molecule has 0 spiro atoms. The Morgan fingerprint density at radius 2 is 1.82 bits per heavy atom. The predicted octanol–water partition coefficient (Wildman–Crippen LogP) is 3.49. The lowest BCUT2D eigenvalue weighted by Crippen LogP contribution is -2.52. The number of likely N-dealkylation sites (tertiary alicyclic amines) is 1. The summed E-state index contributed by atoms with van der Waals surface area (Å²) in [7, 11) is 3.94. The van der Waals surface area contributed by atoms with Crippen LogP contribution in [0.3, 0.4) is 0 Å². The van der Waals surface area contributed by atoms with Crippen molar-refractivity contribution in [1.29, 1.82) is 0 Å². The van der Waals surface area contributed by atoms with Gasteiger partial charge in [-0.25, -0.2) is 0 Å². The first-order valence-corrected chi connectivity index (χ1v) is 7.58. The van der Waals surface area contributed by atoms with Gasteiger partial charge in [-0.15, -0.1) is 24.8 Å². The molecule has 5 heteroatoms. The topological polar surface area (TPSA) is 38.5 Å². The number of ether oxygens (including phenoxy) is 1. The smallest absolute Gasteiger partial charge is 0.118 e. The second-order valence-corrected chi connectivity index (χ2v) is 6.32. The summed E-state index contributed by atoms with van der Waals surface area (Å²) in [5.74, 6) is 1.53. The van der Waals surface area contributed by atoms with Crippen molar-refractivity contribution in [2.24, 2.45) is 11.7 Å². The highest BCUT2D eigenvalue weighted by molar-refractivity contribution is 5.85. The fraction of sp³-hybridized carbons (Fsp3) is 0.647. The van der Waals surface area contributed by atoms with E-state index in [1.54, 1.807) is 7.11 Å². The fourth-order valence-electron chi connectivity index (χ4n) is 3.75. The maximum absolute atomic E-state index is 5.94. The summed E-state index contributed by atoms with van der Waals surface area (Å²) in [6.07, 6.45) is 2.23. The lowest BCUT2D eigenvalue weighted by Gasteiger charge is -2.49. The summed E-state index contributed by atoms with van der Waals surface area (Å²) >= 11 is 0. The van der Waals surface area contributed by atoms with Gasteiger partial charge in [0.1, 0.15) is 5.75 Å². The van der Waals surface area contributed by atoms with Crippen LogP contribution in [0.2, 0.25) is 0 Å². The van der Waals surface area contributed by atoms with Crippen molar-refractivity contribution in [2.45, 2.75) is 38.1 Å². The zero-order valence-corrected chi connectivity index (χ0v) is 15.7. The van der Waals surface area contributed by atoms with Gasteiger partial charge in [0.05, 0.1) is 7.11 Å². The molecular weight excluding hydrogens is 319 g/mol. The molecule has 0 saturated carbocycles. The number of rotatable bonds is 4. The molecule has 1 aliphatic rings. The van der Waals surface area contributed by atoms with Gasteiger partial charge in [-0.05, 0) is 57.0 Å². The maximum Gasteiger partial charge on any atom is 0.118 e. The number of halogens is 2. The van der Waals surface area contributed by atoms with Crippen LogP contribution in [-0.4, -0.2) is 38.2 Å². The van der Waals surface area contributed by atoms with Crippen LogP contribution >= 0.6 is 24.8 Å². The van der Waals surface area contributed by atoms with Gasteiger partial charge in [-0.1, -0.05) is 19.1 Å². The lowest BCUT2D eigenvalue weighted by molar-refractivity contribution is 0.0703. The Hall–Kier alpha value is -0.480. The molecule has 3 atom stereocenters. The first-order chi connectivity index (χ1) is 9.53. The first-order valence-electron chi connectivity index (χ1n) is 7.58. The van der Waals surface area contributed by atoms with E-state index in [4.69, 9.17) is 10.5 Å². The van der Waals surface area contributed by atoms with Gasteiger partial charge >= 0.3 is 0 Å². The zero-order valence-electron chi connectivity index (χ0n) is 14.0. The SMILES string of the molecule is COc1ccc(C2(CCN)CC(C)N(C)CC2C)cc1.Cl.Cl. The van der Waals surface area contributed by atoms with Crippen molar-refractivity contribution in [3.8, 4) is 5.75 Å². The van der Waals surface area contributed by atoms with Gasteiger partial charge in [-0.2, -0.15) is 0 Å². The number of hydrogen-bond donors (Lipinski definition) is 1. The summed E-state index contributed by atoms with van der Waals surface area (Å²) in [5, 5.41) is 0. The average molecular weight is 349 g/mol. The van der Waals surface area contributed by atoms with Gasteiger partial charge < -0.3 is 15.4 Å². The van der Waals surface area contributed by atoms with E-state index >= 15 is 0 Å². The van der Waals surface area contributed by atoms with Crippen molar-refractivity contribution in [3.63, 3.8) is 0 Å². The summed E-state index contributed by atoms with van der Waals surface area (Å²) in [6, 6.07) is 9.19. The van der Waals surface area contributed by atoms with Gasteiger partial charge in [-0.3, -0.25) is 0 Å². The minimum absolute atomic E-state index is 0. The number of piperidine rings is 1. The Labute approximate surface area is 147 Å². The second-order valence-electron chi connectivity index (χ2n) is 6.32. The van der Waals surface area contributed by atoms with Crippen LogP contribution in [0.4, 0.5) is 0 Å². The van der Waals surface area contributed by atoms with Crippen LogP contribution < -0.4 is 10.5 Å². The predicted molar refractivity (Wildman–Crippen MR) is 98.7 cm³/mol. The van der Waals surface area contributed by atoms with Gasteiger partial charge in [0.15, 0.2) is 0 Å². The van der Waals surface area contributed by atoms with Gasteiger partial charge in [0, 0.05) is 18.0 Å². The summed E-state index contributed by atoms with van der Waals surface area (Å²) in [5.41, 5.74) is 7.56. The van der Waals surface area contributed by atoms with E-state index < -0.39 is 0 Å². The molecule has 0 aromatic heterocycles. The fourth-order valence-corrected chi connectivity index (χ4v) is 3.75. The third kappa shape index (κ3) is 4.08. The highest BCUT2D eigenvalue weighted by Crippen LogP contribution is 2.44. The zero-order chi connectivity index (χ0) is 14.8. The molecule has 0 amide bonds. The van der Waals surface area contributed by atoms with Crippen LogP contribution in [-0.2, 0) is 5.41 Å². The largest absolute Gasteiger partial charge is 0.497 e. The molecule has 2 N–H and O–H groups in total. The van der Waals surface area contributed by atoms with E-state index in [9.17, 15) is 0 Å². The summed E-state index contributed by atoms with van der Waals surface area (Å²) in [4.78, 5) is 2.46. The lowest BCUT2D eigenvalue weighted by atomic mass is 9.63. The molecule has 1 aromatic rings. The molecule has 1 fully saturated rings. The molecule has 0 aliphatic carbocycles. The van der Waals surface area contributed by atoms with Crippen LogP contribution in [0, 0.1) is 5.92 Å². The molecule has 1 heterocycles. The normalized spacial score (nSPS) is 28.4. The van der Waals surface area contributed by atoms with Crippen LogP contribution in [0.25, 0.3) is 0 Å². The Morgan fingerprint density at radius 3 is 2.32 bits per heavy atom. The van der Waals surface area contributed by atoms with Crippen molar-refractivity contribution in [3.05, 3.63) is 29.8 Å². The molecule has 3 unspecified atom stereocenters. The number of nitrogens with zero attached hydrogens (tertiary/aromatic N) is 1. The van der Waals surface area contributed by atoms with Crippen LogP contribution in [0.15, 0.2) is 24.3 Å². The van der Waals surface area contributed by atoms with Gasteiger partial charge in [0.25, 0.3) is 0 Å². The number of nitrogens with two attached hydrogens (primary N) is 1. The Bertz CT molecular complexity index is 441. The molecule has 2 rings (SSSR count). The second kappa shape index (κ2) is 8.97. The molecule has 1 aromatic carbocycles. The minimum atomic E-state index is 0. The third-order valence-corrected chi connectivity index (χ3v) is 5.17. The van der Waals surface area contributed by atoms with Crippen LogP contribution in [0.1, 0.15) is 32.3 Å². The third-order valence-electron chi connectivity index (χ3n) is 5.17. The highest BCUT2D eigenvalue weighted by atomic mass is 35.5. The quantitative estimate of drug-likeness (QED) is 0.904. The first kappa shape index (κ1) is 21.5. The van der Waals surface area contributed by atoms with Crippen molar-refractivity contribution in [2.75, 3.05) is 27.2 Å². The van der Waals surface area contributed by atoms with E-state index in [2.05, 4.69) is 50.1 Å². The minimum Gasteiger partial charge on any atom is -0.497 e. The van der Waals surface area contributed by atoms with E-state index in [-0.39, 0.29) is 30.2 Å². The standard InChI is InChI=1S/C17H28N2O.2ClH/c1-13-12-19(3)14(2)11-17(13,9-10-18)15-5-7-16(20-4)8-6-15;;/h5-8,13-14H,9-12,18H2,1-4H3;2*1H.